The Morgan fingerprint density at radius 2 is 1.97 bits per heavy atom. The number of fused-ring (bicyclic) bond motifs is 1. The molecule has 148 valence electrons. The molecule has 2 atom stereocenters. The summed E-state index contributed by atoms with van der Waals surface area (Å²) in [6, 6.07) is 15.0. The van der Waals surface area contributed by atoms with Crippen LogP contribution in [0.4, 0.5) is 0 Å². The molecule has 2 heterocycles. The molecule has 2 unspecified atom stereocenters. The van der Waals surface area contributed by atoms with Crippen molar-refractivity contribution in [3.8, 4) is 0 Å². The summed E-state index contributed by atoms with van der Waals surface area (Å²) in [4.78, 5) is 36.4. The van der Waals surface area contributed by atoms with Gasteiger partial charge in [0.1, 0.15) is 5.69 Å². The van der Waals surface area contributed by atoms with Crippen LogP contribution in [0.1, 0.15) is 28.5 Å². The van der Waals surface area contributed by atoms with Crippen molar-refractivity contribution in [2.75, 3.05) is 13.1 Å². The van der Waals surface area contributed by atoms with E-state index in [9.17, 15) is 14.4 Å². The molecule has 1 aliphatic heterocycles. The fourth-order valence-electron chi connectivity index (χ4n) is 3.43. The summed E-state index contributed by atoms with van der Waals surface area (Å²) in [5, 5.41) is 17.0. The topological polar surface area (TPSA) is 116 Å². The van der Waals surface area contributed by atoms with Crippen molar-refractivity contribution in [1.29, 1.82) is 0 Å². The number of aromatic nitrogens is 2. The first-order valence-electron chi connectivity index (χ1n) is 9.43. The lowest BCUT2D eigenvalue weighted by Crippen LogP contribution is -2.41. The summed E-state index contributed by atoms with van der Waals surface area (Å²) in [5.41, 5.74) is 1.22. The van der Waals surface area contributed by atoms with Crippen LogP contribution in [-0.4, -0.2) is 41.0 Å². The Bertz CT molecular complexity index is 1050. The van der Waals surface area contributed by atoms with E-state index in [1.54, 1.807) is 6.07 Å². The summed E-state index contributed by atoms with van der Waals surface area (Å²) in [5.74, 6) is -1.05. The number of hydrogen-bond donors (Lipinski definition) is 4. The first-order valence-corrected chi connectivity index (χ1v) is 9.43. The molecule has 0 bridgehead atoms. The molecule has 0 aliphatic carbocycles. The van der Waals surface area contributed by atoms with Crippen molar-refractivity contribution in [3.05, 3.63) is 66.0 Å². The third-order valence-corrected chi connectivity index (χ3v) is 5.05. The Hall–Kier alpha value is -3.68. The van der Waals surface area contributed by atoms with Gasteiger partial charge in [-0.05, 0) is 28.5 Å². The highest BCUT2D eigenvalue weighted by Gasteiger charge is 2.29. The van der Waals surface area contributed by atoms with E-state index in [2.05, 4.69) is 26.1 Å². The van der Waals surface area contributed by atoms with Crippen LogP contribution in [0.3, 0.4) is 0 Å². The SMILES string of the molecule is O=C1CC(C(=O)NC(CNC(=O)c2ccn[nH]2)c2ccc3ccccc3c2)CN1. The van der Waals surface area contributed by atoms with Crippen LogP contribution in [-0.2, 0) is 9.59 Å². The van der Waals surface area contributed by atoms with E-state index in [0.29, 0.717) is 12.2 Å². The van der Waals surface area contributed by atoms with Crippen LogP contribution in [0.25, 0.3) is 10.8 Å². The van der Waals surface area contributed by atoms with Gasteiger partial charge in [-0.3, -0.25) is 19.5 Å². The molecular formula is C21H21N5O3. The molecule has 29 heavy (non-hydrogen) atoms. The van der Waals surface area contributed by atoms with Crippen LogP contribution >= 0.6 is 0 Å². The fourth-order valence-corrected chi connectivity index (χ4v) is 3.43. The lowest BCUT2D eigenvalue weighted by Gasteiger charge is -2.22. The van der Waals surface area contributed by atoms with Gasteiger partial charge in [-0.1, -0.05) is 36.4 Å². The van der Waals surface area contributed by atoms with E-state index < -0.39 is 12.0 Å². The molecule has 8 heteroatoms. The van der Waals surface area contributed by atoms with Crippen LogP contribution in [0.5, 0.6) is 0 Å². The molecule has 1 fully saturated rings. The van der Waals surface area contributed by atoms with Gasteiger partial charge in [-0.15, -0.1) is 0 Å². The minimum atomic E-state index is -0.435. The highest BCUT2D eigenvalue weighted by Crippen LogP contribution is 2.21. The van der Waals surface area contributed by atoms with Crippen molar-refractivity contribution >= 4 is 28.5 Å². The van der Waals surface area contributed by atoms with E-state index in [1.165, 1.54) is 6.20 Å². The van der Waals surface area contributed by atoms with Gasteiger partial charge in [0, 0.05) is 25.7 Å². The van der Waals surface area contributed by atoms with Crippen LogP contribution < -0.4 is 16.0 Å². The first kappa shape index (κ1) is 18.7. The second-order valence-corrected chi connectivity index (χ2v) is 7.05. The van der Waals surface area contributed by atoms with E-state index in [-0.39, 0.29) is 30.7 Å². The van der Waals surface area contributed by atoms with Crippen molar-refractivity contribution in [2.24, 2.45) is 5.92 Å². The quantitative estimate of drug-likeness (QED) is 0.507. The van der Waals surface area contributed by atoms with Gasteiger partial charge in [-0.2, -0.15) is 5.10 Å². The number of H-pyrrole nitrogens is 1. The molecule has 3 aromatic rings. The zero-order valence-corrected chi connectivity index (χ0v) is 15.6. The normalized spacial score (nSPS) is 17.0. The van der Waals surface area contributed by atoms with Crippen LogP contribution in [0.15, 0.2) is 54.7 Å². The summed E-state index contributed by atoms with van der Waals surface area (Å²) < 4.78 is 0. The molecule has 3 amide bonds. The lowest BCUT2D eigenvalue weighted by molar-refractivity contribution is -0.127. The second-order valence-electron chi connectivity index (χ2n) is 7.05. The van der Waals surface area contributed by atoms with Gasteiger partial charge in [0.15, 0.2) is 0 Å². The van der Waals surface area contributed by atoms with Gasteiger partial charge in [-0.25, -0.2) is 0 Å². The van der Waals surface area contributed by atoms with Crippen LogP contribution in [0, 0.1) is 5.92 Å². The minimum absolute atomic E-state index is 0.125. The Balaban J connectivity index is 1.54. The van der Waals surface area contributed by atoms with Crippen molar-refractivity contribution < 1.29 is 14.4 Å². The van der Waals surface area contributed by atoms with Gasteiger partial charge < -0.3 is 16.0 Å². The third kappa shape index (κ3) is 4.26. The molecule has 2 aromatic carbocycles. The number of hydrogen-bond acceptors (Lipinski definition) is 4. The minimum Gasteiger partial charge on any atom is -0.355 e. The zero-order valence-electron chi connectivity index (χ0n) is 15.6. The predicted molar refractivity (Wildman–Crippen MR) is 107 cm³/mol. The molecule has 1 saturated heterocycles. The molecule has 0 spiro atoms. The zero-order chi connectivity index (χ0) is 20.2. The van der Waals surface area contributed by atoms with E-state index in [4.69, 9.17) is 0 Å². The van der Waals surface area contributed by atoms with Crippen LogP contribution in [0.2, 0.25) is 0 Å². The van der Waals surface area contributed by atoms with E-state index in [1.807, 2.05) is 42.5 Å². The van der Waals surface area contributed by atoms with Gasteiger partial charge >= 0.3 is 0 Å². The molecule has 0 saturated carbocycles. The van der Waals surface area contributed by atoms with Crippen molar-refractivity contribution in [3.63, 3.8) is 0 Å². The molecule has 4 rings (SSSR count). The number of carbonyl (C=O) groups excluding carboxylic acids is 3. The maximum atomic E-state index is 12.7. The Kier molecular flexibility index (Phi) is 5.24. The average molecular weight is 391 g/mol. The first-order chi connectivity index (χ1) is 14.1. The summed E-state index contributed by atoms with van der Waals surface area (Å²) in [6.07, 6.45) is 1.68. The van der Waals surface area contributed by atoms with Gasteiger partial charge in [0.25, 0.3) is 5.91 Å². The summed E-state index contributed by atoms with van der Waals surface area (Å²) >= 11 is 0. The highest BCUT2D eigenvalue weighted by molar-refractivity contribution is 5.92. The number of nitrogens with one attached hydrogen (secondary N) is 4. The lowest BCUT2D eigenvalue weighted by atomic mass is 10.0. The maximum absolute atomic E-state index is 12.7. The Labute approximate surface area is 167 Å². The average Bonchev–Trinajstić information content (AvgIpc) is 3.42. The number of benzene rings is 2. The monoisotopic (exact) mass is 391 g/mol. The summed E-state index contributed by atoms with van der Waals surface area (Å²) in [7, 11) is 0. The number of rotatable bonds is 6. The Morgan fingerprint density at radius 1 is 1.14 bits per heavy atom. The van der Waals surface area contributed by atoms with Crippen molar-refractivity contribution in [1.82, 2.24) is 26.1 Å². The smallest absolute Gasteiger partial charge is 0.269 e. The Morgan fingerprint density at radius 3 is 2.69 bits per heavy atom. The maximum Gasteiger partial charge on any atom is 0.269 e. The summed E-state index contributed by atoms with van der Waals surface area (Å²) in [6.45, 7) is 0.533. The standard InChI is InChI=1S/C21H21N5O3/c27-19-10-16(11-22-19)20(28)25-18(12-23-21(29)17-7-8-24-26-17)15-6-5-13-3-1-2-4-14(13)9-15/h1-9,16,18H,10-12H2,(H,22,27)(H,23,29)(H,24,26)(H,25,28). The number of amides is 3. The predicted octanol–water partition coefficient (Wildman–Crippen LogP) is 1.29. The van der Waals surface area contributed by atoms with E-state index in [0.717, 1.165) is 16.3 Å². The molecular weight excluding hydrogens is 370 g/mol. The van der Waals surface area contributed by atoms with Crippen molar-refractivity contribution in [2.45, 2.75) is 12.5 Å². The van der Waals surface area contributed by atoms with Gasteiger partial charge in [0.2, 0.25) is 11.8 Å². The van der Waals surface area contributed by atoms with E-state index >= 15 is 0 Å². The molecule has 1 aliphatic rings. The van der Waals surface area contributed by atoms with Gasteiger partial charge in [0.05, 0.1) is 12.0 Å². The second kappa shape index (κ2) is 8.14. The molecule has 4 N–H and O–H groups in total. The fraction of sp³-hybridized carbons (Fsp3) is 0.238. The molecule has 1 aromatic heterocycles. The molecule has 8 nitrogen and oxygen atoms in total. The number of nitrogens with zero attached hydrogens (tertiary/aromatic N) is 1. The third-order valence-electron chi connectivity index (χ3n) is 5.05. The highest BCUT2D eigenvalue weighted by atomic mass is 16.2. The largest absolute Gasteiger partial charge is 0.355 e. The number of aromatic amines is 1. The number of carbonyl (C=O) groups is 3. The molecule has 0 radical (unpaired) electrons.